The van der Waals surface area contributed by atoms with Crippen molar-refractivity contribution in [2.24, 2.45) is 17.1 Å². The van der Waals surface area contributed by atoms with Crippen LogP contribution >= 0.6 is 0 Å². The van der Waals surface area contributed by atoms with E-state index in [0.29, 0.717) is 19.7 Å². The van der Waals surface area contributed by atoms with E-state index < -0.39 is 0 Å². The van der Waals surface area contributed by atoms with Crippen molar-refractivity contribution >= 4 is 5.91 Å². The van der Waals surface area contributed by atoms with Gasteiger partial charge in [-0.25, -0.2) is 0 Å². The maximum absolute atomic E-state index is 12.9. The summed E-state index contributed by atoms with van der Waals surface area (Å²) < 4.78 is 5.12. The van der Waals surface area contributed by atoms with Crippen LogP contribution in [0.25, 0.3) is 0 Å². The predicted octanol–water partition coefficient (Wildman–Crippen LogP) is 2.02. The fourth-order valence-corrected chi connectivity index (χ4v) is 2.91. The Bertz CT molecular complexity index is 284. The van der Waals surface area contributed by atoms with Gasteiger partial charge in [-0.1, -0.05) is 6.92 Å². The molecule has 0 aliphatic heterocycles. The summed E-state index contributed by atoms with van der Waals surface area (Å²) in [6.07, 6.45) is 4.08. The predicted molar refractivity (Wildman–Crippen MR) is 77.8 cm³/mol. The van der Waals surface area contributed by atoms with Crippen LogP contribution in [0, 0.1) is 11.3 Å². The molecule has 112 valence electrons. The number of carbonyl (C=O) groups is 1. The van der Waals surface area contributed by atoms with Gasteiger partial charge in [0.25, 0.3) is 0 Å². The van der Waals surface area contributed by atoms with Gasteiger partial charge in [-0.3, -0.25) is 4.79 Å². The van der Waals surface area contributed by atoms with Crippen molar-refractivity contribution in [3.63, 3.8) is 0 Å². The van der Waals surface area contributed by atoms with E-state index in [2.05, 4.69) is 20.8 Å². The smallest absolute Gasteiger partial charge is 0.230 e. The van der Waals surface area contributed by atoms with Crippen LogP contribution < -0.4 is 5.73 Å². The summed E-state index contributed by atoms with van der Waals surface area (Å²) in [6, 6.07) is 0.199. The van der Waals surface area contributed by atoms with Crippen molar-refractivity contribution in [3.05, 3.63) is 0 Å². The van der Waals surface area contributed by atoms with Gasteiger partial charge in [-0.05, 0) is 45.4 Å². The normalized spacial score (nSPS) is 27.6. The number of rotatable bonds is 6. The lowest BCUT2D eigenvalue weighted by Gasteiger charge is -2.42. The molecule has 0 saturated heterocycles. The number of carbonyl (C=O) groups excluding carboxylic acids is 1. The van der Waals surface area contributed by atoms with Crippen molar-refractivity contribution in [2.75, 3.05) is 26.8 Å². The maximum atomic E-state index is 12.9. The highest BCUT2D eigenvalue weighted by Gasteiger charge is 2.42. The van der Waals surface area contributed by atoms with Crippen molar-refractivity contribution < 1.29 is 9.53 Å². The summed E-state index contributed by atoms with van der Waals surface area (Å²) in [4.78, 5) is 14.8. The van der Waals surface area contributed by atoms with Crippen LogP contribution in [-0.2, 0) is 9.53 Å². The third-order valence-electron chi connectivity index (χ3n) is 4.50. The van der Waals surface area contributed by atoms with Gasteiger partial charge in [0.2, 0.25) is 5.91 Å². The van der Waals surface area contributed by atoms with Gasteiger partial charge in [0.1, 0.15) is 0 Å². The minimum absolute atomic E-state index is 0.199. The Morgan fingerprint density at radius 1 is 1.42 bits per heavy atom. The molecule has 1 fully saturated rings. The van der Waals surface area contributed by atoms with Gasteiger partial charge in [0.15, 0.2) is 0 Å². The Morgan fingerprint density at radius 3 is 2.42 bits per heavy atom. The highest BCUT2D eigenvalue weighted by Crippen LogP contribution is 2.39. The van der Waals surface area contributed by atoms with E-state index in [1.807, 2.05) is 4.90 Å². The zero-order valence-corrected chi connectivity index (χ0v) is 12.9. The second kappa shape index (κ2) is 7.25. The molecule has 0 spiro atoms. The zero-order valence-electron chi connectivity index (χ0n) is 12.9. The number of ether oxygens (including phenoxy) is 1. The zero-order chi connectivity index (χ0) is 14.5. The van der Waals surface area contributed by atoms with Gasteiger partial charge >= 0.3 is 0 Å². The van der Waals surface area contributed by atoms with E-state index >= 15 is 0 Å². The molecule has 19 heavy (non-hydrogen) atoms. The minimum atomic E-state index is -0.329. The molecule has 0 bridgehead atoms. The number of amides is 1. The van der Waals surface area contributed by atoms with Gasteiger partial charge in [0, 0.05) is 26.2 Å². The first-order chi connectivity index (χ1) is 8.96. The Hall–Kier alpha value is -0.610. The van der Waals surface area contributed by atoms with Crippen LogP contribution in [0.1, 0.15) is 46.5 Å². The van der Waals surface area contributed by atoms with E-state index in [-0.39, 0.29) is 17.4 Å². The molecule has 1 amide bonds. The topological polar surface area (TPSA) is 55.6 Å². The number of nitrogens with zero attached hydrogens (tertiary/aromatic N) is 1. The van der Waals surface area contributed by atoms with E-state index in [0.717, 1.165) is 31.6 Å². The quantitative estimate of drug-likeness (QED) is 0.803. The van der Waals surface area contributed by atoms with Gasteiger partial charge in [-0.15, -0.1) is 0 Å². The number of hydrogen-bond acceptors (Lipinski definition) is 3. The van der Waals surface area contributed by atoms with Crippen molar-refractivity contribution in [1.82, 2.24) is 4.90 Å². The van der Waals surface area contributed by atoms with E-state index in [4.69, 9.17) is 10.5 Å². The Morgan fingerprint density at radius 2 is 2.00 bits per heavy atom. The molecule has 1 aliphatic carbocycles. The summed E-state index contributed by atoms with van der Waals surface area (Å²) in [5.74, 6) is 0.952. The van der Waals surface area contributed by atoms with Crippen molar-refractivity contribution in [2.45, 2.75) is 52.5 Å². The highest BCUT2D eigenvalue weighted by atomic mass is 16.5. The first kappa shape index (κ1) is 16.4. The van der Waals surface area contributed by atoms with Gasteiger partial charge in [0.05, 0.1) is 12.0 Å². The van der Waals surface area contributed by atoms with Gasteiger partial charge in [-0.2, -0.15) is 0 Å². The molecule has 0 heterocycles. The molecule has 0 radical (unpaired) electrons. The van der Waals surface area contributed by atoms with E-state index in [1.165, 1.54) is 0 Å². The molecule has 4 nitrogen and oxygen atoms in total. The van der Waals surface area contributed by atoms with Crippen LogP contribution in [0.15, 0.2) is 0 Å². The number of hydrogen-bond donors (Lipinski definition) is 1. The first-order valence-corrected chi connectivity index (χ1v) is 7.47. The SMILES string of the molecule is COCCN(C(=O)C1(CN)CCC(C)CC1)C(C)C. The number of nitrogens with two attached hydrogens (primary N) is 1. The second-order valence-electron chi connectivity index (χ2n) is 6.25. The Labute approximate surface area is 117 Å². The lowest BCUT2D eigenvalue weighted by Crippen LogP contribution is -2.52. The largest absolute Gasteiger partial charge is 0.383 e. The monoisotopic (exact) mass is 270 g/mol. The fourth-order valence-electron chi connectivity index (χ4n) is 2.91. The molecule has 0 aromatic carbocycles. The molecule has 1 saturated carbocycles. The molecule has 0 aromatic heterocycles. The standard InChI is InChI=1S/C15H30N2O2/c1-12(2)17(9-10-19-4)14(18)15(11-16)7-5-13(3)6-8-15/h12-13H,5-11,16H2,1-4H3. The summed E-state index contributed by atoms with van der Waals surface area (Å²) in [5.41, 5.74) is 5.64. The van der Waals surface area contributed by atoms with E-state index in [9.17, 15) is 4.79 Å². The first-order valence-electron chi connectivity index (χ1n) is 7.47. The molecule has 1 aliphatic rings. The third kappa shape index (κ3) is 3.93. The summed E-state index contributed by atoms with van der Waals surface area (Å²) in [5, 5.41) is 0. The molecule has 4 heteroatoms. The summed E-state index contributed by atoms with van der Waals surface area (Å²) in [6.45, 7) is 8.09. The lowest BCUT2D eigenvalue weighted by atomic mass is 9.70. The molecule has 0 atom stereocenters. The van der Waals surface area contributed by atoms with Crippen LogP contribution in [0.4, 0.5) is 0 Å². The Kier molecular flexibility index (Phi) is 6.27. The minimum Gasteiger partial charge on any atom is -0.383 e. The number of methoxy groups -OCH3 is 1. The average Bonchev–Trinajstić information content (AvgIpc) is 2.40. The molecular formula is C15H30N2O2. The van der Waals surface area contributed by atoms with Crippen molar-refractivity contribution in [3.8, 4) is 0 Å². The van der Waals surface area contributed by atoms with Crippen LogP contribution in [0.5, 0.6) is 0 Å². The van der Waals surface area contributed by atoms with Gasteiger partial charge < -0.3 is 15.4 Å². The van der Waals surface area contributed by atoms with Crippen LogP contribution in [-0.4, -0.2) is 43.7 Å². The van der Waals surface area contributed by atoms with E-state index in [1.54, 1.807) is 7.11 Å². The lowest BCUT2D eigenvalue weighted by molar-refractivity contribution is -0.146. The van der Waals surface area contributed by atoms with Crippen LogP contribution in [0.2, 0.25) is 0 Å². The molecule has 1 rings (SSSR count). The average molecular weight is 270 g/mol. The van der Waals surface area contributed by atoms with Crippen LogP contribution in [0.3, 0.4) is 0 Å². The molecular weight excluding hydrogens is 240 g/mol. The Balaban J connectivity index is 2.80. The molecule has 0 aromatic rings. The maximum Gasteiger partial charge on any atom is 0.230 e. The van der Waals surface area contributed by atoms with Crippen molar-refractivity contribution in [1.29, 1.82) is 0 Å². The summed E-state index contributed by atoms with van der Waals surface area (Å²) in [7, 11) is 1.67. The third-order valence-corrected chi connectivity index (χ3v) is 4.50. The summed E-state index contributed by atoms with van der Waals surface area (Å²) >= 11 is 0. The molecule has 0 unspecified atom stereocenters. The highest BCUT2D eigenvalue weighted by molar-refractivity contribution is 5.83. The second-order valence-corrected chi connectivity index (χ2v) is 6.25. The fraction of sp³-hybridized carbons (Fsp3) is 0.933. The molecule has 2 N–H and O–H groups in total.